The molecule has 0 aliphatic heterocycles. The van der Waals surface area contributed by atoms with E-state index in [1.807, 2.05) is 34.6 Å². The zero-order valence-electron chi connectivity index (χ0n) is 14.9. The third kappa shape index (κ3) is 8.23. The smallest absolute Gasteiger partial charge is 0.220 e. The summed E-state index contributed by atoms with van der Waals surface area (Å²) >= 11 is 0. The zero-order valence-corrected chi connectivity index (χ0v) is 14.9. The lowest BCUT2D eigenvalue weighted by molar-refractivity contribution is -0.129. The summed E-state index contributed by atoms with van der Waals surface area (Å²) in [5.41, 5.74) is -0.217. The van der Waals surface area contributed by atoms with E-state index in [1.165, 1.54) is 25.7 Å². The zero-order chi connectivity index (χ0) is 16.5. The number of hydrogen-bond donors (Lipinski definition) is 1. The highest BCUT2D eigenvalue weighted by atomic mass is 16.2. The monoisotopic (exact) mass is 297 g/mol. The maximum atomic E-state index is 12.1. The second kappa shape index (κ2) is 9.97. The summed E-state index contributed by atoms with van der Waals surface area (Å²) in [6.07, 6.45) is 7.99. The molecule has 0 heterocycles. The number of carbonyl (C=O) groups is 2. The van der Waals surface area contributed by atoms with Crippen LogP contribution in [0.5, 0.6) is 0 Å². The molecule has 1 amide bonds. The van der Waals surface area contributed by atoms with Crippen molar-refractivity contribution in [3.8, 4) is 0 Å². The summed E-state index contributed by atoms with van der Waals surface area (Å²) in [6.45, 7) is 11.5. The Labute approximate surface area is 131 Å². The summed E-state index contributed by atoms with van der Waals surface area (Å²) in [5.74, 6) is 0.596. The Morgan fingerprint density at radius 1 is 1.05 bits per heavy atom. The molecule has 0 spiro atoms. The van der Waals surface area contributed by atoms with Gasteiger partial charge in [0, 0.05) is 6.42 Å². The van der Waals surface area contributed by atoms with Crippen molar-refractivity contribution in [3.63, 3.8) is 0 Å². The third-order valence-electron chi connectivity index (χ3n) is 4.03. The highest BCUT2D eigenvalue weighted by Gasteiger charge is 2.30. The first-order valence-corrected chi connectivity index (χ1v) is 8.60. The van der Waals surface area contributed by atoms with Crippen LogP contribution in [-0.2, 0) is 9.59 Å². The Kier molecular flexibility index (Phi) is 9.56. The molecule has 0 aromatic carbocycles. The van der Waals surface area contributed by atoms with Crippen molar-refractivity contribution in [2.45, 2.75) is 92.5 Å². The fourth-order valence-electron chi connectivity index (χ4n) is 2.98. The summed E-state index contributed by atoms with van der Waals surface area (Å²) in [5, 5.41) is 2.94. The molecule has 1 atom stereocenters. The molecule has 1 rings (SSSR count). The van der Waals surface area contributed by atoms with Crippen molar-refractivity contribution in [1.82, 2.24) is 5.32 Å². The van der Waals surface area contributed by atoms with E-state index >= 15 is 0 Å². The van der Waals surface area contributed by atoms with Crippen LogP contribution < -0.4 is 5.32 Å². The average molecular weight is 297 g/mol. The average Bonchev–Trinajstić information content (AvgIpc) is 2.65. The Morgan fingerprint density at radius 2 is 1.52 bits per heavy atom. The molecule has 1 saturated carbocycles. The number of amides is 1. The minimum Gasteiger partial charge on any atom is -0.346 e. The third-order valence-corrected chi connectivity index (χ3v) is 4.03. The summed E-state index contributed by atoms with van der Waals surface area (Å²) in [7, 11) is 0. The molecule has 3 nitrogen and oxygen atoms in total. The van der Waals surface area contributed by atoms with E-state index in [0.717, 1.165) is 12.8 Å². The molecule has 3 heteroatoms. The predicted molar refractivity (Wildman–Crippen MR) is 89.2 cm³/mol. The van der Waals surface area contributed by atoms with Crippen LogP contribution in [0, 0.1) is 11.3 Å². The number of Topliss-reactive ketones (excluding diaryl/α,β-unsaturated/α-hetero) is 1. The van der Waals surface area contributed by atoms with Crippen molar-refractivity contribution >= 4 is 11.7 Å². The summed E-state index contributed by atoms with van der Waals surface area (Å²) in [6, 6.07) is -0.370. The van der Waals surface area contributed by atoms with Crippen molar-refractivity contribution in [2.75, 3.05) is 0 Å². The molecular formula is C18H35NO2. The van der Waals surface area contributed by atoms with E-state index in [1.54, 1.807) is 6.92 Å². The largest absolute Gasteiger partial charge is 0.346 e. The maximum Gasteiger partial charge on any atom is 0.220 e. The molecule has 1 N–H and O–H groups in total. The van der Waals surface area contributed by atoms with Crippen LogP contribution in [0.4, 0.5) is 0 Å². The van der Waals surface area contributed by atoms with E-state index in [9.17, 15) is 9.59 Å². The van der Waals surface area contributed by atoms with Gasteiger partial charge in [-0.2, -0.15) is 0 Å². The van der Waals surface area contributed by atoms with Gasteiger partial charge in [-0.1, -0.05) is 60.3 Å². The van der Waals surface area contributed by atoms with Gasteiger partial charge >= 0.3 is 0 Å². The van der Waals surface area contributed by atoms with E-state index in [4.69, 9.17) is 0 Å². The second-order valence-corrected chi connectivity index (χ2v) is 7.04. The Balaban J connectivity index is 0.00000191. The number of hydrogen-bond acceptors (Lipinski definition) is 2. The highest BCUT2D eigenvalue weighted by molar-refractivity contribution is 5.88. The van der Waals surface area contributed by atoms with Gasteiger partial charge < -0.3 is 5.32 Å². The molecule has 1 aliphatic rings. The van der Waals surface area contributed by atoms with Crippen LogP contribution in [0.3, 0.4) is 0 Å². The van der Waals surface area contributed by atoms with Crippen LogP contribution in [0.25, 0.3) is 0 Å². The van der Waals surface area contributed by atoms with Gasteiger partial charge in [-0.15, -0.1) is 0 Å². The molecule has 0 bridgehead atoms. The second-order valence-electron chi connectivity index (χ2n) is 7.04. The van der Waals surface area contributed by atoms with E-state index in [-0.39, 0.29) is 23.1 Å². The van der Waals surface area contributed by atoms with Gasteiger partial charge in [-0.25, -0.2) is 0 Å². The molecule has 1 unspecified atom stereocenters. The fourth-order valence-corrected chi connectivity index (χ4v) is 2.98. The van der Waals surface area contributed by atoms with Crippen LogP contribution in [-0.4, -0.2) is 17.7 Å². The topological polar surface area (TPSA) is 46.2 Å². The molecular weight excluding hydrogens is 262 g/mol. The number of nitrogens with one attached hydrogen (secondary N) is 1. The fraction of sp³-hybridized carbons (Fsp3) is 0.889. The van der Waals surface area contributed by atoms with Gasteiger partial charge in [0.1, 0.15) is 0 Å². The molecule has 0 radical (unpaired) electrons. The molecule has 0 aromatic rings. The van der Waals surface area contributed by atoms with Gasteiger partial charge in [0.05, 0.1) is 6.04 Å². The van der Waals surface area contributed by atoms with Crippen LogP contribution in [0.2, 0.25) is 0 Å². The molecule has 124 valence electrons. The lowest BCUT2D eigenvalue weighted by Gasteiger charge is -2.29. The van der Waals surface area contributed by atoms with Gasteiger partial charge in [0.15, 0.2) is 5.78 Å². The van der Waals surface area contributed by atoms with Gasteiger partial charge in [0.2, 0.25) is 5.91 Å². The minimum absolute atomic E-state index is 0.0433. The molecule has 1 fully saturated rings. The standard InChI is InChI=1S/C16H29NO2.C2H6/c1-12(18)15(16(2,3)4)17-14(19)11-13-9-7-5-6-8-10-13;1-2/h13,15H,5-11H2,1-4H3,(H,17,19);1-2H3. The lowest BCUT2D eigenvalue weighted by atomic mass is 9.84. The first kappa shape index (κ1) is 20.1. The van der Waals surface area contributed by atoms with Crippen LogP contribution >= 0.6 is 0 Å². The van der Waals surface area contributed by atoms with E-state index in [2.05, 4.69) is 5.32 Å². The number of carbonyl (C=O) groups excluding carboxylic acids is 2. The van der Waals surface area contributed by atoms with Crippen molar-refractivity contribution in [3.05, 3.63) is 0 Å². The number of rotatable bonds is 4. The highest BCUT2D eigenvalue weighted by Crippen LogP contribution is 2.26. The minimum atomic E-state index is -0.370. The lowest BCUT2D eigenvalue weighted by Crippen LogP contribution is -2.48. The van der Waals surface area contributed by atoms with Gasteiger partial charge in [0.25, 0.3) is 0 Å². The predicted octanol–water partition coefficient (Wildman–Crippen LogP) is 4.49. The maximum absolute atomic E-state index is 12.1. The Bertz CT molecular complexity index is 310. The summed E-state index contributed by atoms with van der Waals surface area (Å²) < 4.78 is 0. The Morgan fingerprint density at radius 3 is 1.90 bits per heavy atom. The van der Waals surface area contributed by atoms with Crippen LogP contribution in [0.1, 0.15) is 86.5 Å². The number of ketones is 1. The van der Waals surface area contributed by atoms with E-state index < -0.39 is 0 Å². The van der Waals surface area contributed by atoms with Crippen molar-refractivity contribution < 1.29 is 9.59 Å². The van der Waals surface area contributed by atoms with Crippen molar-refractivity contribution in [2.24, 2.45) is 11.3 Å². The Hall–Kier alpha value is -0.860. The molecule has 0 saturated heterocycles. The van der Waals surface area contributed by atoms with E-state index in [0.29, 0.717) is 12.3 Å². The van der Waals surface area contributed by atoms with Crippen LogP contribution in [0.15, 0.2) is 0 Å². The first-order chi connectivity index (χ1) is 9.80. The summed E-state index contributed by atoms with van der Waals surface area (Å²) in [4.78, 5) is 23.8. The normalized spacial score (nSPS) is 18.0. The van der Waals surface area contributed by atoms with Gasteiger partial charge in [-0.3, -0.25) is 9.59 Å². The molecule has 21 heavy (non-hydrogen) atoms. The van der Waals surface area contributed by atoms with Crippen molar-refractivity contribution in [1.29, 1.82) is 0 Å². The molecule has 0 aromatic heterocycles. The quantitative estimate of drug-likeness (QED) is 0.777. The molecule has 1 aliphatic carbocycles. The first-order valence-electron chi connectivity index (χ1n) is 8.60. The SMILES string of the molecule is CC.CC(=O)C(NC(=O)CC1CCCCCC1)C(C)(C)C. The van der Waals surface area contributed by atoms with Gasteiger partial charge in [-0.05, 0) is 31.1 Å².